The molecule has 1 aromatic carbocycles. The second kappa shape index (κ2) is 5.23. The fourth-order valence-electron chi connectivity index (χ4n) is 0.951. The van der Waals surface area contributed by atoms with Gasteiger partial charge in [-0.3, -0.25) is 0 Å². The third-order valence-corrected chi connectivity index (χ3v) is 1.55. The minimum atomic E-state index is 0.443. The van der Waals surface area contributed by atoms with Gasteiger partial charge in [0.25, 0.3) is 0 Å². The quantitative estimate of drug-likeness (QED) is 0.638. The van der Waals surface area contributed by atoms with Crippen molar-refractivity contribution >= 4 is 0 Å². The maximum Gasteiger partial charge on any atom is 0.134 e. The molecule has 13 heavy (non-hydrogen) atoms. The summed E-state index contributed by atoms with van der Waals surface area (Å²) in [6.07, 6.45) is 0. The summed E-state index contributed by atoms with van der Waals surface area (Å²) in [5.41, 5.74) is 0.891. The first kappa shape index (κ1) is 9.63. The van der Waals surface area contributed by atoms with E-state index in [1.807, 2.05) is 24.3 Å². The zero-order valence-electron chi connectivity index (χ0n) is 7.83. The summed E-state index contributed by atoms with van der Waals surface area (Å²) in [6.45, 7) is 0.443. The smallest absolute Gasteiger partial charge is 0.134 e. The second-order valence-electron chi connectivity index (χ2n) is 2.44. The van der Waals surface area contributed by atoms with E-state index in [0.29, 0.717) is 6.61 Å². The summed E-state index contributed by atoms with van der Waals surface area (Å²) in [4.78, 5) is 0. The molecule has 1 rings (SSSR count). The molecule has 0 spiro atoms. The Hall–Kier alpha value is -1.46. The lowest BCUT2D eigenvalue weighted by atomic mass is 10.2. The van der Waals surface area contributed by atoms with E-state index in [1.165, 1.54) is 0 Å². The van der Waals surface area contributed by atoms with Crippen molar-refractivity contribution in [3.8, 4) is 17.6 Å². The first-order chi connectivity index (χ1) is 6.38. The maximum atomic E-state index is 5.13. The van der Waals surface area contributed by atoms with Crippen LogP contribution in [-0.2, 0) is 4.74 Å². The summed E-state index contributed by atoms with van der Waals surface area (Å²) in [5, 5.41) is 0. The van der Waals surface area contributed by atoms with E-state index in [9.17, 15) is 0 Å². The number of para-hydroxylation sites is 1. The Morgan fingerprint density at radius 3 is 2.69 bits per heavy atom. The van der Waals surface area contributed by atoms with E-state index in [2.05, 4.69) is 11.8 Å². The van der Waals surface area contributed by atoms with Crippen LogP contribution in [0.4, 0.5) is 0 Å². The molecule has 0 radical (unpaired) electrons. The third-order valence-electron chi connectivity index (χ3n) is 1.55. The van der Waals surface area contributed by atoms with E-state index in [-0.39, 0.29) is 0 Å². The lowest BCUT2D eigenvalue weighted by Gasteiger charge is -2.00. The van der Waals surface area contributed by atoms with Crippen molar-refractivity contribution in [2.45, 2.75) is 0 Å². The topological polar surface area (TPSA) is 18.5 Å². The Morgan fingerprint density at radius 1 is 1.23 bits per heavy atom. The van der Waals surface area contributed by atoms with Gasteiger partial charge in [-0.15, -0.1) is 0 Å². The molecule has 0 unspecified atom stereocenters. The predicted molar refractivity (Wildman–Crippen MR) is 51.7 cm³/mol. The normalized spacial score (nSPS) is 8.77. The molecule has 0 atom stereocenters. The van der Waals surface area contributed by atoms with Crippen molar-refractivity contribution in [1.82, 2.24) is 0 Å². The number of benzene rings is 1. The van der Waals surface area contributed by atoms with Crippen LogP contribution in [0.1, 0.15) is 5.56 Å². The molecule has 0 aliphatic rings. The molecule has 0 bridgehead atoms. The summed E-state index contributed by atoms with van der Waals surface area (Å²) < 4.78 is 9.96. The highest BCUT2D eigenvalue weighted by molar-refractivity contribution is 5.45. The molecule has 0 aliphatic heterocycles. The molecule has 0 saturated heterocycles. The first-order valence-electron chi connectivity index (χ1n) is 3.99. The number of hydrogen-bond donors (Lipinski definition) is 0. The van der Waals surface area contributed by atoms with Crippen LogP contribution in [-0.4, -0.2) is 20.8 Å². The van der Waals surface area contributed by atoms with Crippen LogP contribution >= 0.6 is 0 Å². The molecule has 0 fully saturated rings. The van der Waals surface area contributed by atoms with Crippen LogP contribution in [0.3, 0.4) is 0 Å². The molecular formula is C11H12O2. The molecule has 0 amide bonds. The molecule has 2 heteroatoms. The van der Waals surface area contributed by atoms with E-state index in [4.69, 9.17) is 9.47 Å². The van der Waals surface area contributed by atoms with Gasteiger partial charge in [-0.25, -0.2) is 0 Å². The van der Waals surface area contributed by atoms with E-state index >= 15 is 0 Å². The molecule has 0 aliphatic carbocycles. The fourth-order valence-corrected chi connectivity index (χ4v) is 0.951. The van der Waals surface area contributed by atoms with Gasteiger partial charge in [0.1, 0.15) is 12.4 Å². The highest BCUT2D eigenvalue weighted by Crippen LogP contribution is 2.15. The number of methoxy groups -OCH3 is 2. The Morgan fingerprint density at radius 2 is 2.00 bits per heavy atom. The Kier molecular flexibility index (Phi) is 3.87. The average molecular weight is 176 g/mol. The third kappa shape index (κ3) is 2.81. The Bertz CT molecular complexity index is 320. The summed E-state index contributed by atoms with van der Waals surface area (Å²) in [6, 6.07) is 7.65. The van der Waals surface area contributed by atoms with Gasteiger partial charge in [-0.2, -0.15) is 0 Å². The largest absolute Gasteiger partial charge is 0.495 e. The summed E-state index contributed by atoms with van der Waals surface area (Å²) in [5.74, 6) is 6.64. The van der Waals surface area contributed by atoms with Crippen molar-refractivity contribution < 1.29 is 9.47 Å². The lowest BCUT2D eigenvalue weighted by Crippen LogP contribution is -1.87. The summed E-state index contributed by atoms with van der Waals surface area (Å²) >= 11 is 0. The van der Waals surface area contributed by atoms with Gasteiger partial charge in [-0.05, 0) is 12.1 Å². The first-order valence-corrected chi connectivity index (χ1v) is 3.99. The molecule has 2 nitrogen and oxygen atoms in total. The zero-order chi connectivity index (χ0) is 9.52. The van der Waals surface area contributed by atoms with Gasteiger partial charge in [-0.1, -0.05) is 24.0 Å². The van der Waals surface area contributed by atoms with Gasteiger partial charge < -0.3 is 9.47 Å². The van der Waals surface area contributed by atoms with Crippen LogP contribution in [0.15, 0.2) is 24.3 Å². The van der Waals surface area contributed by atoms with E-state index < -0.39 is 0 Å². The highest BCUT2D eigenvalue weighted by Gasteiger charge is 1.95. The van der Waals surface area contributed by atoms with Crippen molar-refractivity contribution in [3.05, 3.63) is 29.8 Å². The number of ether oxygens (including phenoxy) is 2. The van der Waals surface area contributed by atoms with Gasteiger partial charge >= 0.3 is 0 Å². The molecule has 0 saturated carbocycles. The monoisotopic (exact) mass is 176 g/mol. The molecular weight excluding hydrogens is 164 g/mol. The Balaban J connectivity index is 2.82. The minimum Gasteiger partial charge on any atom is -0.495 e. The van der Waals surface area contributed by atoms with Gasteiger partial charge in [0.15, 0.2) is 0 Å². The Labute approximate surface area is 78.5 Å². The number of rotatable bonds is 2. The SMILES string of the molecule is COCC#Cc1ccccc1OC. The van der Waals surface area contributed by atoms with Gasteiger partial charge in [0, 0.05) is 7.11 Å². The summed E-state index contributed by atoms with van der Waals surface area (Å²) in [7, 11) is 3.26. The van der Waals surface area contributed by atoms with E-state index in [0.717, 1.165) is 11.3 Å². The highest BCUT2D eigenvalue weighted by atomic mass is 16.5. The van der Waals surface area contributed by atoms with Crippen molar-refractivity contribution in [2.24, 2.45) is 0 Å². The number of hydrogen-bond acceptors (Lipinski definition) is 2. The predicted octanol–water partition coefficient (Wildman–Crippen LogP) is 1.69. The molecule has 0 aromatic heterocycles. The van der Waals surface area contributed by atoms with Crippen LogP contribution in [0.2, 0.25) is 0 Å². The minimum absolute atomic E-state index is 0.443. The van der Waals surface area contributed by atoms with E-state index in [1.54, 1.807) is 14.2 Å². The molecule has 0 heterocycles. The van der Waals surface area contributed by atoms with Gasteiger partial charge in [0.05, 0.1) is 12.7 Å². The van der Waals surface area contributed by atoms with Crippen molar-refractivity contribution in [3.63, 3.8) is 0 Å². The molecule has 68 valence electrons. The van der Waals surface area contributed by atoms with Crippen LogP contribution < -0.4 is 4.74 Å². The zero-order valence-corrected chi connectivity index (χ0v) is 7.83. The average Bonchev–Trinajstić information content (AvgIpc) is 2.19. The van der Waals surface area contributed by atoms with Crippen molar-refractivity contribution in [1.29, 1.82) is 0 Å². The second-order valence-corrected chi connectivity index (χ2v) is 2.44. The molecule has 0 N–H and O–H groups in total. The standard InChI is InChI=1S/C11H12O2/c1-12-9-5-7-10-6-3-4-8-11(10)13-2/h3-4,6,8H,9H2,1-2H3. The van der Waals surface area contributed by atoms with Crippen molar-refractivity contribution in [2.75, 3.05) is 20.8 Å². The van der Waals surface area contributed by atoms with Gasteiger partial charge in [0.2, 0.25) is 0 Å². The lowest BCUT2D eigenvalue weighted by molar-refractivity contribution is 0.240. The van der Waals surface area contributed by atoms with Crippen LogP contribution in [0.25, 0.3) is 0 Å². The molecule has 1 aromatic rings. The maximum absolute atomic E-state index is 5.13. The van der Waals surface area contributed by atoms with Crippen LogP contribution in [0.5, 0.6) is 5.75 Å². The van der Waals surface area contributed by atoms with Crippen LogP contribution in [0, 0.1) is 11.8 Å². The fraction of sp³-hybridized carbons (Fsp3) is 0.273.